The lowest BCUT2D eigenvalue weighted by atomic mass is 9.75. The predicted molar refractivity (Wildman–Crippen MR) is 113 cm³/mol. The first kappa shape index (κ1) is 20.5. The molecule has 0 aromatic heterocycles. The number of rotatable bonds is 4. The van der Waals surface area contributed by atoms with Gasteiger partial charge in [0.05, 0.1) is 4.92 Å². The van der Waals surface area contributed by atoms with E-state index in [4.69, 9.17) is 0 Å². The number of ketones is 1. The van der Waals surface area contributed by atoms with E-state index in [1.807, 2.05) is 0 Å². The van der Waals surface area contributed by atoms with Crippen LogP contribution in [0, 0.1) is 15.9 Å². The number of nitrogens with zero attached hydrogens (tertiary/aromatic N) is 1. The fourth-order valence-corrected chi connectivity index (χ4v) is 4.17. The number of anilines is 1. The van der Waals surface area contributed by atoms with Crippen molar-refractivity contribution < 1.29 is 18.9 Å². The van der Waals surface area contributed by atoms with Crippen LogP contribution in [0.4, 0.5) is 15.8 Å². The van der Waals surface area contributed by atoms with Crippen LogP contribution in [0.1, 0.15) is 37.7 Å². The van der Waals surface area contributed by atoms with Gasteiger partial charge in [0.15, 0.2) is 5.78 Å². The van der Waals surface area contributed by atoms with Gasteiger partial charge in [0.25, 0.3) is 11.6 Å². The topological polar surface area (TPSA) is 101 Å². The van der Waals surface area contributed by atoms with Gasteiger partial charge in [0.2, 0.25) is 0 Å². The van der Waals surface area contributed by atoms with E-state index >= 15 is 0 Å². The molecule has 1 amide bonds. The molecule has 1 heterocycles. The van der Waals surface area contributed by atoms with Crippen LogP contribution in [0.3, 0.4) is 0 Å². The molecule has 0 fully saturated rings. The number of nitro groups is 1. The van der Waals surface area contributed by atoms with Gasteiger partial charge in [-0.15, -0.1) is 0 Å². The van der Waals surface area contributed by atoms with E-state index in [-0.39, 0.29) is 11.5 Å². The quantitative estimate of drug-likeness (QED) is 0.565. The number of dihydropyridines is 1. The summed E-state index contributed by atoms with van der Waals surface area (Å²) in [5.74, 6) is -1.70. The number of benzene rings is 2. The zero-order valence-corrected chi connectivity index (χ0v) is 16.8. The third kappa shape index (κ3) is 3.96. The normalized spacial score (nSPS) is 18.4. The van der Waals surface area contributed by atoms with Crippen molar-refractivity contribution in [2.45, 2.75) is 32.1 Å². The lowest BCUT2D eigenvalue weighted by Crippen LogP contribution is -2.35. The van der Waals surface area contributed by atoms with Crippen molar-refractivity contribution in [3.05, 3.63) is 92.6 Å². The Labute approximate surface area is 177 Å². The lowest BCUT2D eigenvalue weighted by Gasteiger charge is -2.34. The zero-order chi connectivity index (χ0) is 22.1. The van der Waals surface area contributed by atoms with Crippen molar-refractivity contribution in [3.63, 3.8) is 0 Å². The minimum atomic E-state index is -0.732. The van der Waals surface area contributed by atoms with Crippen LogP contribution < -0.4 is 10.6 Å². The van der Waals surface area contributed by atoms with Gasteiger partial charge in [-0.05, 0) is 49.6 Å². The van der Waals surface area contributed by atoms with Crippen LogP contribution in [0.2, 0.25) is 0 Å². The first-order valence-corrected chi connectivity index (χ1v) is 9.90. The molecule has 0 saturated carbocycles. The molecule has 0 radical (unpaired) electrons. The number of Topliss-reactive ketones (excluding diaryl/α,β-unsaturated/α-hetero) is 1. The highest BCUT2D eigenvalue weighted by Gasteiger charge is 2.38. The highest BCUT2D eigenvalue weighted by atomic mass is 19.1. The molecule has 2 aromatic rings. The summed E-state index contributed by atoms with van der Waals surface area (Å²) in [7, 11) is 0. The second-order valence-electron chi connectivity index (χ2n) is 7.58. The first-order chi connectivity index (χ1) is 14.8. The standard InChI is InChI=1S/C23H20FN3O4/c1-13-20(23(29)26-16-10-8-15(24)9-11-16)21(14-4-2-5-17(12-14)27(30)31)22-18(25-13)6-3-7-19(22)28/h2,4-5,8-12,21,25H,3,6-7H2,1H3,(H,26,29)/t21-/m1/s1. The molecule has 8 heteroatoms. The number of allylic oxidation sites excluding steroid dienone is 3. The Morgan fingerprint density at radius 2 is 1.94 bits per heavy atom. The molecule has 0 spiro atoms. The Morgan fingerprint density at radius 3 is 2.65 bits per heavy atom. The molecule has 7 nitrogen and oxygen atoms in total. The second-order valence-corrected chi connectivity index (χ2v) is 7.58. The SMILES string of the molecule is CC1=C(C(=O)Nc2ccc(F)cc2)[C@@H](c2cccc([N+](=O)[O-])c2)C2=C(CCCC2=O)N1. The molecule has 4 rings (SSSR count). The highest BCUT2D eigenvalue weighted by molar-refractivity contribution is 6.09. The van der Waals surface area contributed by atoms with Crippen LogP contribution in [0.15, 0.2) is 71.1 Å². The van der Waals surface area contributed by atoms with Crippen molar-refractivity contribution in [2.75, 3.05) is 5.32 Å². The molecule has 1 aliphatic carbocycles. The summed E-state index contributed by atoms with van der Waals surface area (Å²) in [6.07, 6.45) is 1.73. The molecule has 1 atom stereocenters. The number of nitrogens with one attached hydrogen (secondary N) is 2. The number of amides is 1. The predicted octanol–water partition coefficient (Wildman–Crippen LogP) is 4.34. The summed E-state index contributed by atoms with van der Waals surface area (Å²) in [5.41, 5.74) is 2.90. The molecule has 0 unspecified atom stereocenters. The van der Waals surface area contributed by atoms with Crippen LogP contribution in [-0.2, 0) is 9.59 Å². The summed E-state index contributed by atoms with van der Waals surface area (Å²) in [6, 6.07) is 11.4. The molecule has 158 valence electrons. The number of carbonyl (C=O) groups is 2. The van der Waals surface area contributed by atoms with Gasteiger partial charge >= 0.3 is 0 Å². The number of non-ortho nitro benzene ring substituents is 1. The Hall–Kier alpha value is -3.81. The Bertz CT molecular complexity index is 1150. The Kier molecular flexibility index (Phi) is 5.37. The fourth-order valence-electron chi connectivity index (χ4n) is 4.17. The van der Waals surface area contributed by atoms with Gasteiger partial charge in [-0.3, -0.25) is 19.7 Å². The average Bonchev–Trinajstić information content (AvgIpc) is 2.74. The van der Waals surface area contributed by atoms with E-state index in [0.717, 1.165) is 5.70 Å². The number of hydrogen-bond donors (Lipinski definition) is 2. The molecule has 1 aliphatic heterocycles. The summed E-state index contributed by atoms with van der Waals surface area (Å²) >= 11 is 0. The molecular formula is C23H20FN3O4. The van der Waals surface area contributed by atoms with E-state index in [9.17, 15) is 24.1 Å². The molecule has 2 aromatic carbocycles. The van der Waals surface area contributed by atoms with Crippen molar-refractivity contribution in [1.82, 2.24) is 5.32 Å². The fraction of sp³-hybridized carbons (Fsp3) is 0.217. The van der Waals surface area contributed by atoms with Gasteiger partial charge in [-0.1, -0.05) is 12.1 Å². The monoisotopic (exact) mass is 421 g/mol. The minimum Gasteiger partial charge on any atom is -0.362 e. The average molecular weight is 421 g/mol. The third-order valence-electron chi connectivity index (χ3n) is 5.54. The summed E-state index contributed by atoms with van der Waals surface area (Å²) in [4.78, 5) is 37.0. The molecular weight excluding hydrogens is 401 g/mol. The van der Waals surface area contributed by atoms with Gasteiger partial charge in [-0.25, -0.2) is 4.39 Å². The summed E-state index contributed by atoms with van der Waals surface area (Å²) < 4.78 is 13.2. The zero-order valence-electron chi connectivity index (χ0n) is 16.8. The van der Waals surface area contributed by atoms with Crippen molar-refractivity contribution in [1.29, 1.82) is 0 Å². The smallest absolute Gasteiger partial charge is 0.269 e. The van der Waals surface area contributed by atoms with Gasteiger partial charge in [0.1, 0.15) is 5.82 Å². The van der Waals surface area contributed by atoms with Crippen LogP contribution in [0.25, 0.3) is 0 Å². The lowest BCUT2D eigenvalue weighted by molar-refractivity contribution is -0.384. The minimum absolute atomic E-state index is 0.0789. The van der Waals surface area contributed by atoms with Crippen LogP contribution in [0.5, 0.6) is 0 Å². The summed E-state index contributed by atoms with van der Waals surface area (Å²) in [6.45, 7) is 1.74. The van der Waals surface area contributed by atoms with Crippen LogP contribution in [-0.4, -0.2) is 16.6 Å². The maximum Gasteiger partial charge on any atom is 0.269 e. The summed E-state index contributed by atoms with van der Waals surface area (Å²) in [5, 5.41) is 17.3. The number of nitro benzene ring substituents is 1. The second kappa shape index (κ2) is 8.14. The Morgan fingerprint density at radius 1 is 1.19 bits per heavy atom. The van der Waals surface area contributed by atoms with E-state index in [0.29, 0.717) is 47.4 Å². The van der Waals surface area contributed by atoms with Gasteiger partial charge < -0.3 is 10.6 Å². The molecule has 2 N–H and O–H groups in total. The third-order valence-corrected chi connectivity index (χ3v) is 5.54. The molecule has 2 aliphatic rings. The molecule has 31 heavy (non-hydrogen) atoms. The maximum atomic E-state index is 13.3. The number of carbonyl (C=O) groups excluding carboxylic acids is 2. The Balaban J connectivity index is 1.80. The number of halogens is 1. The largest absolute Gasteiger partial charge is 0.362 e. The van der Waals surface area contributed by atoms with E-state index in [2.05, 4.69) is 10.6 Å². The van der Waals surface area contributed by atoms with E-state index in [1.165, 1.54) is 36.4 Å². The van der Waals surface area contributed by atoms with Gasteiger partial charge in [-0.2, -0.15) is 0 Å². The molecule has 0 bridgehead atoms. The van der Waals surface area contributed by atoms with Crippen molar-refractivity contribution >= 4 is 23.1 Å². The first-order valence-electron chi connectivity index (χ1n) is 9.90. The molecule has 0 saturated heterocycles. The van der Waals surface area contributed by atoms with Crippen molar-refractivity contribution in [3.8, 4) is 0 Å². The van der Waals surface area contributed by atoms with Gasteiger partial charge in [0, 0.05) is 52.7 Å². The van der Waals surface area contributed by atoms with Crippen LogP contribution >= 0.6 is 0 Å². The number of hydrogen-bond acceptors (Lipinski definition) is 5. The highest BCUT2D eigenvalue weighted by Crippen LogP contribution is 2.43. The maximum absolute atomic E-state index is 13.3. The van der Waals surface area contributed by atoms with E-state index < -0.39 is 22.6 Å². The van der Waals surface area contributed by atoms with E-state index in [1.54, 1.807) is 19.1 Å². The van der Waals surface area contributed by atoms with Crippen molar-refractivity contribution in [2.24, 2.45) is 0 Å².